The van der Waals surface area contributed by atoms with Gasteiger partial charge in [-0.05, 0) is 74.6 Å². The molecule has 1 saturated carbocycles. The van der Waals surface area contributed by atoms with Gasteiger partial charge in [0.2, 0.25) is 0 Å². The zero-order valence-corrected chi connectivity index (χ0v) is 23.6. The SMILES string of the molecule is Cc1c(-c2cc3ccc(-c4ccc(C(N)=O)c(F)c4)nc3n2CC2CC2)nn2cc(C(=O)N3C[C@H](N)C[C@@H](F)C3)ccc12. The number of benzene rings is 1. The summed E-state index contributed by atoms with van der Waals surface area (Å²) < 4.78 is 32.6. The molecule has 11 heteroatoms. The molecule has 1 aliphatic heterocycles. The maximum atomic E-state index is 14.6. The maximum absolute atomic E-state index is 14.6. The molecule has 0 unspecified atom stereocenters. The van der Waals surface area contributed by atoms with Crippen molar-refractivity contribution in [2.75, 3.05) is 13.1 Å². The van der Waals surface area contributed by atoms with Gasteiger partial charge in [0.15, 0.2) is 0 Å². The van der Waals surface area contributed by atoms with Gasteiger partial charge in [-0.15, -0.1) is 0 Å². The number of alkyl halides is 1. The maximum Gasteiger partial charge on any atom is 0.255 e. The van der Waals surface area contributed by atoms with Crippen molar-refractivity contribution in [3.8, 4) is 22.6 Å². The van der Waals surface area contributed by atoms with Crippen LogP contribution in [0, 0.1) is 18.7 Å². The minimum atomic E-state index is -1.13. The number of piperidine rings is 1. The Labute approximate surface area is 246 Å². The molecule has 1 saturated heterocycles. The molecule has 0 bridgehead atoms. The second-order valence-electron chi connectivity index (χ2n) is 11.8. The number of nitrogens with zero attached hydrogens (tertiary/aromatic N) is 5. The van der Waals surface area contributed by atoms with E-state index in [1.54, 1.807) is 22.8 Å². The van der Waals surface area contributed by atoms with Crippen molar-refractivity contribution in [1.82, 2.24) is 24.1 Å². The van der Waals surface area contributed by atoms with Gasteiger partial charge in [-0.3, -0.25) is 9.59 Å². The Balaban J connectivity index is 1.29. The molecule has 2 amide bonds. The quantitative estimate of drug-likeness (QED) is 0.305. The fourth-order valence-electron chi connectivity index (χ4n) is 6.07. The molecule has 5 aromatic rings. The van der Waals surface area contributed by atoms with Crippen molar-refractivity contribution in [3.05, 3.63) is 77.2 Å². The van der Waals surface area contributed by atoms with Gasteiger partial charge >= 0.3 is 0 Å². The van der Waals surface area contributed by atoms with Crippen molar-refractivity contribution >= 4 is 28.4 Å². The molecule has 43 heavy (non-hydrogen) atoms. The van der Waals surface area contributed by atoms with Gasteiger partial charge in [-0.25, -0.2) is 18.3 Å². The van der Waals surface area contributed by atoms with Crippen LogP contribution in [0.3, 0.4) is 0 Å². The number of aryl methyl sites for hydroxylation is 1. The molecule has 0 spiro atoms. The lowest BCUT2D eigenvalue weighted by Crippen LogP contribution is -2.50. The Morgan fingerprint density at radius 1 is 1.07 bits per heavy atom. The zero-order valence-electron chi connectivity index (χ0n) is 23.6. The Kier molecular flexibility index (Phi) is 6.50. The largest absolute Gasteiger partial charge is 0.366 e. The monoisotopic (exact) mass is 583 g/mol. The van der Waals surface area contributed by atoms with Crippen LogP contribution in [-0.4, -0.2) is 61.2 Å². The smallest absolute Gasteiger partial charge is 0.255 e. The number of rotatable bonds is 6. The third-order valence-electron chi connectivity index (χ3n) is 8.50. The first-order valence-electron chi connectivity index (χ1n) is 14.4. The Morgan fingerprint density at radius 3 is 2.60 bits per heavy atom. The summed E-state index contributed by atoms with van der Waals surface area (Å²) >= 11 is 0. The summed E-state index contributed by atoms with van der Waals surface area (Å²) in [4.78, 5) is 31.1. The number of amides is 2. The summed E-state index contributed by atoms with van der Waals surface area (Å²) in [5, 5.41) is 5.83. The highest BCUT2D eigenvalue weighted by Gasteiger charge is 2.30. The number of pyridine rings is 2. The standard InChI is InChI=1S/C32H31F2N7O2/c1-17-27-9-6-21(32(43)39-15-22(33)12-23(35)16-39)14-41(27)38-29(17)28-11-20-5-8-26(37-31(20)40(28)13-18-2-3-18)19-4-7-24(30(36)42)25(34)10-19/h4-11,14,18,22-23H,2-3,12-13,15-16,35H2,1H3,(H2,36,42)/t22-,23-/m1/s1. The van der Waals surface area contributed by atoms with E-state index in [0.717, 1.165) is 52.9 Å². The number of nitrogens with two attached hydrogens (primary N) is 2. The lowest BCUT2D eigenvalue weighted by molar-refractivity contribution is 0.0606. The predicted molar refractivity (Wildman–Crippen MR) is 159 cm³/mol. The van der Waals surface area contributed by atoms with E-state index >= 15 is 0 Å². The number of carbonyl (C=O) groups excluding carboxylic acids is 2. The molecular formula is C32H31F2N7O2. The number of likely N-dealkylation sites (tertiary alicyclic amines) is 1. The number of fused-ring (bicyclic) bond motifs is 2. The molecule has 0 radical (unpaired) electrons. The van der Waals surface area contributed by atoms with Crippen molar-refractivity contribution in [2.24, 2.45) is 17.4 Å². The minimum Gasteiger partial charge on any atom is -0.366 e. The zero-order chi connectivity index (χ0) is 30.0. The minimum absolute atomic E-state index is 0.0339. The topological polar surface area (TPSA) is 125 Å². The third-order valence-corrected chi connectivity index (χ3v) is 8.50. The van der Waals surface area contributed by atoms with Crippen molar-refractivity contribution in [2.45, 2.75) is 44.9 Å². The fraction of sp³-hybridized carbons (Fsp3) is 0.312. The van der Waals surface area contributed by atoms with E-state index in [1.165, 1.54) is 17.0 Å². The summed E-state index contributed by atoms with van der Waals surface area (Å²) in [6.07, 6.45) is 3.08. The Hall–Kier alpha value is -4.64. The van der Waals surface area contributed by atoms with Crippen molar-refractivity contribution in [3.63, 3.8) is 0 Å². The molecule has 7 rings (SSSR count). The van der Waals surface area contributed by atoms with Crippen LogP contribution in [0.5, 0.6) is 0 Å². The lowest BCUT2D eigenvalue weighted by atomic mass is 10.0. The molecule has 9 nitrogen and oxygen atoms in total. The van der Waals surface area contributed by atoms with E-state index in [1.807, 2.05) is 25.1 Å². The van der Waals surface area contributed by atoms with E-state index < -0.39 is 17.9 Å². The van der Waals surface area contributed by atoms with Crippen LogP contribution in [0.25, 0.3) is 39.2 Å². The molecule has 4 N–H and O–H groups in total. The van der Waals surface area contributed by atoms with Crippen LogP contribution in [0.15, 0.2) is 54.7 Å². The summed E-state index contributed by atoms with van der Waals surface area (Å²) in [6, 6.07) is 13.4. The van der Waals surface area contributed by atoms with Crippen LogP contribution < -0.4 is 11.5 Å². The van der Waals surface area contributed by atoms with Crippen LogP contribution in [0.2, 0.25) is 0 Å². The highest BCUT2D eigenvalue weighted by atomic mass is 19.1. The van der Waals surface area contributed by atoms with E-state index in [2.05, 4.69) is 10.6 Å². The highest BCUT2D eigenvalue weighted by molar-refractivity contribution is 5.95. The number of primary amides is 1. The molecule has 5 heterocycles. The molecule has 2 aliphatic rings. The number of hydrogen-bond donors (Lipinski definition) is 2. The van der Waals surface area contributed by atoms with E-state index in [4.69, 9.17) is 21.5 Å². The third kappa shape index (κ3) is 4.93. The van der Waals surface area contributed by atoms with Gasteiger partial charge in [-0.1, -0.05) is 6.07 Å². The first-order valence-corrected chi connectivity index (χ1v) is 14.4. The lowest BCUT2D eigenvalue weighted by Gasteiger charge is -2.32. The predicted octanol–water partition coefficient (Wildman–Crippen LogP) is 4.49. The van der Waals surface area contributed by atoms with Gasteiger partial charge < -0.3 is 20.9 Å². The van der Waals surface area contributed by atoms with Gasteiger partial charge in [0.05, 0.1) is 34.6 Å². The van der Waals surface area contributed by atoms with Crippen LogP contribution in [0.4, 0.5) is 8.78 Å². The molecule has 220 valence electrons. The summed E-state index contributed by atoms with van der Waals surface area (Å²) in [5.74, 6) is -1.25. The van der Waals surface area contributed by atoms with E-state index in [0.29, 0.717) is 29.3 Å². The average molecular weight is 584 g/mol. The second-order valence-corrected chi connectivity index (χ2v) is 11.8. The van der Waals surface area contributed by atoms with Crippen molar-refractivity contribution in [1.29, 1.82) is 0 Å². The molecule has 2 atom stereocenters. The molecule has 1 aliphatic carbocycles. The van der Waals surface area contributed by atoms with Gasteiger partial charge in [-0.2, -0.15) is 5.10 Å². The van der Waals surface area contributed by atoms with E-state index in [9.17, 15) is 18.4 Å². The normalized spacial score (nSPS) is 18.9. The molecule has 2 fully saturated rings. The van der Waals surface area contributed by atoms with Gasteiger partial charge in [0, 0.05) is 41.8 Å². The summed E-state index contributed by atoms with van der Waals surface area (Å²) in [5.41, 5.74) is 16.8. The van der Waals surface area contributed by atoms with Crippen LogP contribution in [-0.2, 0) is 6.54 Å². The number of carbonyl (C=O) groups is 2. The number of aromatic nitrogens is 4. The fourth-order valence-corrected chi connectivity index (χ4v) is 6.07. The first kappa shape index (κ1) is 27.2. The highest BCUT2D eigenvalue weighted by Crippen LogP contribution is 2.37. The Morgan fingerprint density at radius 2 is 1.88 bits per heavy atom. The molecule has 4 aromatic heterocycles. The first-order chi connectivity index (χ1) is 20.7. The van der Waals surface area contributed by atoms with Crippen molar-refractivity contribution < 1.29 is 18.4 Å². The number of hydrogen-bond acceptors (Lipinski definition) is 5. The van der Waals surface area contributed by atoms with Gasteiger partial charge in [0.25, 0.3) is 11.8 Å². The average Bonchev–Trinajstić information content (AvgIpc) is 3.65. The molecule has 1 aromatic carbocycles. The Bertz CT molecular complexity index is 1920. The summed E-state index contributed by atoms with van der Waals surface area (Å²) in [6.45, 7) is 3.11. The van der Waals surface area contributed by atoms with Crippen LogP contribution in [0.1, 0.15) is 45.5 Å². The second kappa shape index (κ2) is 10.3. The van der Waals surface area contributed by atoms with Gasteiger partial charge in [0.1, 0.15) is 23.3 Å². The van der Waals surface area contributed by atoms with E-state index in [-0.39, 0.29) is 30.5 Å². The van der Waals surface area contributed by atoms with Crippen LogP contribution >= 0.6 is 0 Å². The number of halogens is 2. The summed E-state index contributed by atoms with van der Waals surface area (Å²) in [7, 11) is 0. The molecular weight excluding hydrogens is 552 g/mol.